The molecule has 1 N–H and O–H groups in total. The fourth-order valence-electron chi connectivity index (χ4n) is 2.86. The molecule has 3 heteroatoms. The fraction of sp³-hybridized carbons (Fsp3) is 0.174. The second-order valence-corrected chi connectivity index (χ2v) is 6.12. The molecule has 3 aromatic rings. The molecule has 1 atom stereocenters. The molecule has 0 saturated heterocycles. The van der Waals surface area contributed by atoms with Crippen molar-refractivity contribution in [2.75, 3.05) is 0 Å². The molecule has 3 nitrogen and oxygen atoms in total. The van der Waals surface area contributed by atoms with Crippen LogP contribution >= 0.6 is 0 Å². The first-order valence-corrected chi connectivity index (χ1v) is 8.89. The van der Waals surface area contributed by atoms with Crippen molar-refractivity contribution in [1.29, 1.82) is 0 Å². The predicted octanol–water partition coefficient (Wildman–Crippen LogP) is 5.15. The highest BCUT2D eigenvalue weighted by Crippen LogP contribution is 2.22. The number of amides is 1. The van der Waals surface area contributed by atoms with Gasteiger partial charge in [-0.3, -0.25) is 4.79 Å². The minimum absolute atomic E-state index is 0.0223. The average Bonchev–Trinajstić information content (AvgIpc) is 2.72. The molecule has 132 valence electrons. The molecule has 3 rings (SSSR count). The maximum absolute atomic E-state index is 12.8. The van der Waals surface area contributed by atoms with E-state index in [1.807, 2.05) is 78.9 Å². The van der Waals surface area contributed by atoms with Gasteiger partial charge in [0, 0.05) is 0 Å². The summed E-state index contributed by atoms with van der Waals surface area (Å²) in [4.78, 5) is 12.8. The van der Waals surface area contributed by atoms with E-state index < -0.39 is 0 Å². The fourth-order valence-corrected chi connectivity index (χ4v) is 2.86. The van der Waals surface area contributed by atoms with Crippen LogP contribution in [0.15, 0.2) is 84.9 Å². The highest BCUT2D eigenvalue weighted by Gasteiger charge is 2.17. The third-order valence-corrected chi connectivity index (χ3v) is 4.28. The van der Waals surface area contributed by atoms with Crippen molar-refractivity contribution < 1.29 is 9.53 Å². The number of benzene rings is 3. The van der Waals surface area contributed by atoms with Crippen LogP contribution in [-0.2, 0) is 6.61 Å². The number of rotatable bonds is 7. The van der Waals surface area contributed by atoms with Crippen LogP contribution in [0.4, 0.5) is 0 Å². The van der Waals surface area contributed by atoms with Gasteiger partial charge in [0.2, 0.25) is 0 Å². The molecule has 0 fully saturated rings. The van der Waals surface area contributed by atoms with E-state index in [0.29, 0.717) is 17.9 Å². The lowest BCUT2D eigenvalue weighted by Crippen LogP contribution is -2.28. The highest BCUT2D eigenvalue weighted by atomic mass is 16.5. The van der Waals surface area contributed by atoms with E-state index in [0.717, 1.165) is 17.5 Å². The van der Waals surface area contributed by atoms with Gasteiger partial charge in [-0.05, 0) is 29.7 Å². The number of nitrogens with one attached hydrogen (secondary N) is 1. The minimum Gasteiger partial charge on any atom is -0.488 e. The van der Waals surface area contributed by atoms with Gasteiger partial charge < -0.3 is 10.1 Å². The lowest BCUT2D eigenvalue weighted by atomic mass is 10.0. The molecule has 1 amide bonds. The summed E-state index contributed by atoms with van der Waals surface area (Å²) < 4.78 is 5.90. The zero-order valence-corrected chi connectivity index (χ0v) is 14.9. The standard InChI is InChI=1S/C23H23NO2/c1-2-21(19-13-7-4-8-14-19)24-23(25)20-15-9-10-16-22(20)26-17-18-11-5-3-6-12-18/h3-16,21H,2,17H2,1H3,(H,24,25). The Morgan fingerprint density at radius 1 is 0.885 bits per heavy atom. The Balaban J connectivity index is 1.73. The van der Waals surface area contributed by atoms with E-state index in [1.165, 1.54) is 0 Å². The van der Waals surface area contributed by atoms with Crippen molar-refractivity contribution in [1.82, 2.24) is 5.32 Å². The summed E-state index contributed by atoms with van der Waals surface area (Å²) in [7, 11) is 0. The Bertz CT molecular complexity index is 831. The lowest BCUT2D eigenvalue weighted by molar-refractivity contribution is 0.0931. The van der Waals surface area contributed by atoms with E-state index in [-0.39, 0.29) is 11.9 Å². The molecule has 0 aliphatic rings. The van der Waals surface area contributed by atoms with E-state index in [2.05, 4.69) is 12.2 Å². The Kier molecular flexibility index (Phi) is 6.05. The van der Waals surface area contributed by atoms with E-state index in [9.17, 15) is 4.79 Å². The van der Waals surface area contributed by atoms with Gasteiger partial charge in [0.25, 0.3) is 5.91 Å². The maximum Gasteiger partial charge on any atom is 0.255 e. The summed E-state index contributed by atoms with van der Waals surface area (Å²) in [5, 5.41) is 3.12. The van der Waals surface area contributed by atoms with Crippen molar-refractivity contribution in [2.45, 2.75) is 26.0 Å². The smallest absolute Gasteiger partial charge is 0.255 e. The number of hydrogen-bond acceptors (Lipinski definition) is 2. The van der Waals surface area contributed by atoms with Gasteiger partial charge in [-0.15, -0.1) is 0 Å². The SMILES string of the molecule is CCC(NC(=O)c1ccccc1OCc1ccccc1)c1ccccc1. The van der Waals surface area contributed by atoms with Gasteiger partial charge in [-0.1, -0.05) is 79.7 Å². The number of carbonyl (C=O) groups is 1. The molecule has 1 unspecified atom stereocenters. The van der Waals surface area contributed by atoms with Gasteiger partial charge in [0.1, 0.15) is 12.4 Å². The van der Waals surface area contributed by atoms with Gasteiger partial charge >= 0.3 is 0 Å². The Labute approximate surface area is 154 Å². The van der Waals surface area contributed by atoms with Crippen molar-refractivity contribution in [3.05, 3.63) is 102 Å². The average molecular weight is 345 g/mol. The van der Waals surface area contributed by atoms with Crippen LogP contribution in [0.5, 0.6) is 5.75 Å². The molecular weight excluding hydrogens is 322 g/mol. The maximum atomic E-state index is 12.8. The van der Waals surface area contributed by atoms with E-state index >= 15 is 0 Å². The van der Waals surface area contributed by atoms with Gasteiger partial charge in [0.05, 0.1) is 11.6 Å². The van der Waals surface area contributed by atoms with Crippen LogP contribution in [0, 0.1) is 0 Å². The monoisotopic (exact) mass is 345 g/mol. The molecule has 3 aromatic carbocycles. The van der Waals surface area contributed by atoms with Crippen LogP contribution < -0.4 is 10.1 Å². The van der Waals surface area contributed by atoms with Gasteiger partial charge in [-0.25, -0.2) is 0 Å². The second-order valence-electron chi connectivity index (χ2n) is 6.12. The van der Waals surface area contributed by atoms with Gasteiger partial charge in [-0.2, -0.15) is 0 Å². The normalized spacial score (nSPS) is 11.6. The molecule has 0 radical (unpaired) electrons. The van der Waals surface area contributed by atoms with Crippen LogP contribution in [0.3, 0.4) is 0 Å². The number of para-hydroxylation sites is 1. The van der Waals surface area contributed by atoms with Crippen molar-refractivity contribution in [3.63, 3.8) is 0 Å². The van der Waals surface area contributed by atoms with Gasteiger partial charge in [0.15, 0.2) is 0 Å². The van der Waals surface area contributed by atoms with Crippen LogP contribution in [0.2, 0.25) is 0 Å². The quantitative estimate of drug-likeness (QED) is 0.643. The Morgan fingerprint density at radius 2 is 1.50 bits per heavy atom. The summed E-state index contributed by atoms with van der Waals surface area (Å²) in [6, 6.07) is 27.3. The third kappa shape index (κ3) is 4.51. The minimum atomic E-state index is -0.121. The third-order valence-electron chi connectivity index (χ3n) is 4.28. The van der Waals surface area contributed by atoms with Crippen LogP contribution in [-0.4, -0.2) is 5.91 Å². The molecule has 26 heavy (non-hydrogen) atoms. The van der Waals surface area contributed by atoms with Crippen molar-refractivity contribution in [3.8, 4) is 5.75 Å². The summed E-state index contributed by atoms with van der Waals surface area (Å²) in [5.41, 5.74) is 2.72. The van der Waals surface area contributed by atoms with Crippen LogP contribution in [0.25, 0.3) is 0 Å². The number of carbonyl (C=O) groups excluding carboxylic acids is 1. The molecule has 0 bridgehead atoms. The Hall–Kier alpha value is -3.07. The Morgan fingerprint density at radius 3 is 2.19 bits per heavy atom. The molecular formula is C23H23NO2. The summed E-state index contributed by atoms with van der Waals surface area (Å²) >= 11 is 0. The van der Waals surface area contributed by atoms with Crippen molar-refractivity contribution in [2.24, 2.45) is 0 Å². The van der Waals surface area contributed by atoms with E-state index in [4.69, 9.17) is 4.74 Å². The number of ether oxygens (including phenoxy) is 1. The summed E-state index contributed by atoms with van der Waals surface area (Å²) in [5.74, 6) is 0.473. The molecule has 0 saturated carbocycles. The predicted molar refractivity (Wildman–Crippen MR) is 104 cm³/mol. The van der Waals surface area contributed by atoms with Crippen LogP contribution in [0.1, 0.15) is 40.9 Å². The summed E-state index contributed by atoms with van der Waals surface area (Å²) in [6.45, 7) is 2.50. The topological polar surface area (TPSA) is 38.3 Å². The zero-order valence-electron chi connectivity index (χ0n) is 14.9. The zero-order chi connectivity index (χ0) is 18.2. The first-order chi connectivity index (χ1) is 12.8. The number of hydrogen-bond donors (Lipinski definition) is 1. The largest absolute Gasteiger partial charge is 0.488 e. The first-order valence-electron chi connectivity index (χ1n) is 8.89. The van der Waals surface area contributed by atoms with Crippen molar-refractivity contribution >= 4 is 5.91 Å². The molecule has 0 aliphatic carbocycles. The van der Waals surface area contributed by atoms with E-state index in [1.54, 1.807) is 6.07 Å². The molecule has 0 heterocycles. The first kappa shape index (κ1) is 17.7. The highest BCUT2D eigenvalue weighted by molar-refractivity contribution is 5.97. The molecule has 0 aliphatic heterocycles. The lowest BCUT2D eigenvalue weighted by Gasteiger charge is -2.19. The molecule has 0 spiro atoms. The summed E-state index contributed by atoms with van der Waals surface area (Å²) in [6.07, 6.45) is 0.822. The molecule has 0 aromatic heterocycles. The second kappa shape index (κ2) is 8.86.